The van der Waals surface area contributed by atoms with E-state index in [1.807, 2.05) is 36.4 Å². The van der Waals surface area contributed by atoms with Crippen molar-refractivity contribution in [2.24, 2.45) is 0 Å². The summed E-state index contributed by atoms with van der Waals surface area (Å²) in [5, 5.41) is 0.689. The number of aromatic nitrogens is 2. The van der Waals surface area contributed by atoms with E-state index in [1.165, 1.54) is 0 Å². The predicted molar refractivity (Wildman–Crippen MR) is 106 cm³/mol. The minimum atomic E-state index is 0.689. The van der Waals surface area contributed by atoms with E-state index >= 15 is 0 Å². The molecule has 1 aromatic heterocycles. The molecule has 0 unspecified atom stereocenters. The number of rotatable bonds is 3. The highest BCUT2D eigenvalue weighted by Gasteiger charge is 2.11. The molecule has 0 amide bonds. The number of aromatic amines is 1. The molecule has 0 saturated heterocycles. The van der Waals surface area contributed by atoms with Gasteiger partial charge in [0.05, 0.1) is 17.4 Å². The van der Waals surface area contributed by atoms with Crippen LogP contribution < -0.4 is 0 Å². The van der Waals surface area contributed by atoms with Gasteiger partial charge in [0.15, 0.2) is 0 Å². The Bertz CT molecular complexity index is 1110. The van der Waals surface area contributed by atoms with E-state index in [0.717, 1.165) is 38.9 Å². The summed E-state index contributed by atoms with van der Waals surface area (Å²) in [5.41, 5.74) is 10.4. The van der Waals surface area contributed by atoms with Crippen LogP contribution in [0.5, 0.6) is 0 Å². The van der Waals surface area contributed by atoms with Crippen LogP contribution in [-0.4, -0.2) is 9.97 Å². The van der Waals surface area contributed by atoms with Gasteiger partial charge in [-0.3, -0.25) is 0 Å². The summed E-state index contributed by atoms with van der Waals surface area (Å²) in [6.07, 6.45) is 11.5. The van der Waals surface area contributed by atoms with Gasteiger partial charge in [-0.2, -0.15) is 0 Å². The topological polar surface area (TPSA) is 28.7 Å². The first kappa shape index (κ1) is 15.5. The molecule has 4 rings (SSSR count). The monoisotopic (exact) mass is 342 g/mol. The van der Waals surface area contributed by atoms with E-state index in [2.05, 4.69) is 46.6 Å². The Labute approximate surface area is 151 Å². The summed E-state index contributed by atoms with van der Waals surface area (Å²) in [6, 6.07) is 12.2. The Morgan fingerprint density at radius 1 is 1.08 bits per heavy atom. The Kier molecular flexibility index (Phi) is 3.99. The predicted octanol–water partition coefficient (Wildman–Crippen LogP) is 6.05. The van der Waals surface area contributed by atoms with E-state index in [9.17, 15) is 0 Å². The lowest BCUT2D eigenvalue weighted by Gasteiger charge is -2.11. The molecular formula is C22H15ClN2. The van der Waals surface area contributed by atoms with E-state index in [0.29, 0.717) is 5.02 Å². The van der Waals surface area contributed by atoms with Crippen LogP contribution in [0.1, 0.15) is 16.7 Å². The zero-order chi connectivity index (χ0) is 17.2. The maximum Gasteiger partial charge on any atom is 0.0931 e. The van der Waals surface area contributed by atoms with Crippen LogP contribution in [0.15, 0.2) is 79.3 Å². The Hall–Kier alpha value is -3.06. The zero-order valence-corrected chi connectivity index (χ0v) is 14.2. The van der Waals surface area contributed by atoms with Gasteiger partial charge >= 0.3 is 0 Å². The number of fused-ring (bicyclic) bond motifs is 1. The normalized spacial score (nSPS) is 13.5. The minimum absolute atomic E-state index is 0.689. The number of H-pyrrole nitrogens is 1. The van der Waals surface area contributed by atoms with Gasteiger partial charge in [-0.1, -0.05) is 54.6 Å². The number of hydrogen-bond acceptors (Lipinski definition) is 1. The fourth-order valence-electron chi connectivity index (χ4n) is 2.95. The lowest BCUT2D eigenvalue weighted by molar-refractivity contribution is 1.34. The average Bonchev–Trinajstić information content (AvgIpc) is 2.96. The molecule has 3 aromatic rings. The van der Waals surface area contributed by atoms with Crippen molar-refractivity contribution in [1.29, 1.82) is 0 Å². The number of allylic oxidation sites excluding steroid dienone is 5. The smallest absolute Gasteiger partial charge is 0.0931 e. The third kappa shape index (κ3) is 2.89. The Morgan fingerprint density at radius 3 is 2.76 bits per heavy atom. The number of nitrogens with zero attached hydrogens (tertiary/aromatic N) is 1. The minimum Gasteiger partial charge on any atom is -0.345 e. The fourth-order valence-corrected chi connectivity index (χ4v) is 3.21. The van der Waals surface area contributed by atoms with Crippen LogP contribution in [0.2, 0.25) is 5.02 Å². The first-order valence-corrected chi connectivity index (χ1v) is 8.33. The molecule has 1 aliphatic carbocycles. The summed E-state index contributed by atoms with van der Waals surface area (Å²) in [7, 11) is 0. The van der Waals surface area contributed by atoms with Gasteiger partial charge in [-0.05, 0) is 58.2 Å². The average molecular weight is 343 g/mol. The van der Waals surface area contributed by atoms with E-state index in [-0.39, 0.29) is 0 Å². The van der Waals surface area contributed by atoms with Crippen molar-refractivity contribution in [3.05, 3.63) is 101 Å². The number of benzene rings is 2. The second kappa shape index (κ2) is 6.45. The van der Waals surface area contributed by atoms with Gasteiger partial charge in [0.25, 0.3) is 0 Å². The van der Waals surface area contributed by atoms with Crippen LogP contribution in [0.4, 0.5) is 0 Å². The zero-order valence-electron chi connectivity index (χ0n) is 13.5. The lowest BCUT2D eigenvalue weighted by atomic mass is 9.93. The van der Waals surface area contributed by atoms with E-state index in [4.69, 9.17) is 11.6 Å². The molecule has 120 valence electrons. The van der Waals surface area contributed by atoms with Crippen molar-refractivity contribution in [3.63, 3.8) is 0 Å². The first-order valence-electron chi connectivity index (χ1n) is 7.95. The highest BCUT2D eigenvalue weighted by atomic mass is 35.5. The summed E-state index contributed by atoms with van der Waals surface area (Å²) in [4.78, 5) is 7.46. The van der Waals surface area contributed by atoms with Gasteiger partial charge in [0.2, 0.25) is 0 Å². The van der Waals surface area contributed by atoms with Crippen molar-refractivity contribution < 1.29 is 0 Å². The van der Waals surface area contributed by atoms with Crippen molar-refractivity contribution in [2.45, 2.75) is 0 Å². The van der Waals surface area contributed by atoms with Crippen LogP contribution >= 0.6 is 11.6 Å². The lowest BCUT2D eigenvalue weighted by Crippen LogP contribution is -1.90. The van der Waals surface area contributed by atoms with Crippen LogP contribution in [-0.2, 0) is 0 Å². The molecule has 25 heavy (non-hydrogen) atoms. The molecule has 0 atom stereocenters. The van der Waals surface area contributed by atoms with E-state index < -0.39 is 0 Å². The van der Waals surface area contributed by atoms with Crippen molar-refractivity contribution in [2.75, 3.05) is 0 Å². The molecule has 1 heterocycles. The van der Waals surface area contributed by atoms with Gasteiger partial charge < -0.3 is 4.98 Å². The largest absolute Gasteiger partial charge is 0.345 e. The first-order chi connectivity index (χ1) is 12.3. The summed E-state index contributed by atoms with van der Waals surface area (Å²) in [6.45, 7) is 3.79. The SMILES string of the molecule is C=Cc1ccc(C2=C(c3ccc4nc[nH]c4c3)C=CC=C=C2)cc1Cl. The molecule has 0 fully saturated rings. The molecule has 0 aliphatic heterocycles. The Morgan fingerprint density at radius 2 is 1.92 bits per heavy atom. The van der Waals surface area contributed by atoms with E-state index in [1.54, 1.807) is 12.4 Å². The van der Waals surface area contributed by atoms with Crippen molar-refractivity contribution in [1.82, 2.24) is 9.97 Å². The molecule has 0 bridgehead atoms. The molecular weight excluding hydrogens is 328 g/mol. The summed E-state index contributed by atoms with van der Waals surface area (Å²) in [5.74, 6) is 0. The van der Waals surface area contributed by atoms with Crippen LogP contribution in [0, 0.1) is 0 Å². The highest BCUT2D eigenvalue weighted by Crippen LogP contribution is 2.33. The second-order valence-electron chi connectivity index (χ2n) is 5.74. The Balaban J connectivity index is 1.93. The second-order valence-corrected chi connectivity index (χ2v) is 6.15. The van der Waals surface area contributed by atoms with Gasteiger partial charge in [-0.15, -0.1) is 5.73 Å². The van der Waals surface area contributed by atoms with Crippen molar-refractivity contribution >= 4 is 39.9 Å². The summed E-state index contributed by atoms with van der Waals surface area (Å²) >= 11 is 6.38. The van der Waals surface area contributed by atoms with Gasteiger partial charge in [-0.25, -0.2) is 4.98 Å². The molecule has 1 aliphatic rings. The third-order valence-corrected chi connectivity index (χ3v) is 4.56. The van der Waals surface area contributed by atoms with Crippen LogP contribution in [0.25, 0.3) is 28.3 Å². The molecule has 0 radical (unpaired) electrons. The standard InChI is InChI=1S/C22H15ClN2/c1-2-15-8-9-16(12-20(15)23)18-6-4-3-5-7-19(18)17-10-11-21-22(13-17)25-14-24-21/h2-3,5-14H,1H2,(H,24,25). The molecule has 0 saturated carbocycles. The maximum atomic E-state index is 6.38. The highest BCUT2D eigenvalue weighted by molar-refractivity contribution is 6.32. The fraction of sp³-hybridized carbons (Fsp3) is 0. The molecule has 3 heteroatoms. The third-order valence-electron chi connectivity index (χ3n) is 4.24. The molecule has 2 aromatic carbocycles. The summed E-state index contributed by atoms with van der Waals surface area (Å²) < 4.78 is 0. The number of nitrogens with one attached hydrogen (secondary N) is 1. The van der Waals surface area contributed by atoms with Crippen molar-refractivity contribution in [3.8, 4) is 0 Å². The van der Waals surface area contributed by atoms with Crippen LogP contribution in [0.3, 0.4) is 0 Å². The number of hydrogen-bond donors (Lipinski definition) is 1. The quantitative estimate of drug-likeness (QED) is 0.576. The number of halogens is 1. The van der Waals surface area contributed by atoms with Gasteiger partial charge in [0, 0.05) is 5.02 Å². The maximum absolute atomic E-state index is 6.38. The van der Waals surface area contributed by atoms with Gasteiger partial charge in [0.1, 0.15) is 0 Å². The molecule has 2 nitrogen and oxygen atoms in total. The number of imidazole rings is 1. The molecule has 1 N–H and O–H groups in total. The molecule has 0 spiro atoms.